The Hall–Kier alpha value is -0.700. The number of rotatable bonds is 1. The predicted octanol–water partition coefficient (Wildman–Crippen LogP) is 3.66. The maximum Gasteiger partial charge on any atom is 0.0613 e. The van der Waals surface area contributed by atoms with Gasteiger partial charge in [-0.25, -0.2) is 0 Å². The Balaban J connectivity index is 2.26. The molecule has 2 rings (SSSR count). The molecule has 0 spiro atoms. The van der Waals surface area contributed by atoms with Crippen molar-refractivity contribution in [3.05, 3.63) is 22.7 Å². The van der Waals surface area contributed by atoms with Crippen LogP contribution in [0.5, 0.6) is 0 Å². The first-order valence-electron chi connectivity index (χ1n) is 5.89. The van der Waals surface area contributed by atoms with Crippen LogP contribution in [-0.4, -0.2) is 12.6 Å². The van der Waals surface area contributed by atoms with Gasteiger partial charge in [0.1, 0.15) is 0 Å². The first kappa shape index (κ1) is 11.8. The highest BCUT2D eigenvalue weighted by molar-refractivity contribution is 9.10. The molecule has 1 aliphatic rings. The van der Waals surface area contributed by atoms with Crippen molar-refractivity contribution in [1.82, 2.24) is 0 Å². The van der Waals surface area contributed by atoms with E-state index in [0.717, 1.165) is 22.6 Å². The molecule has 0 bridgehead atoms. The van der Waals surface area contributed by atoms with Crippen LogP contribution in [0.1, 0.15) is 26.7 Å². The molecule has 0 aliphatic carbocycles. The maximum absolute atomic E-state index is 6.05. The van der Waals surface area contributed by atoms with E-state index in [2.05, 4.69) is 40.7 Å². The lowest BCUT2D eigenvalue weighted by Crippen LogP contribution is -2.40. The molecule has 2 nitrogen and oxygen atoms in total. The molecule has 2 N–H and O–H groups in total. The minimum Gasteiger partial charge on any atom is -0.397 e. The summed E-state index contributed by atoms with van der Waals surface area (Å²) in [6.07, 6.45) is 2.52. The molecule has 2 unspecified atom stereocenters. The van der Waals surface area contributed by atoms with E-state index in [0.29, 0.717) is 6.04 Å². The van der Waals surface area contributed by atoms with Crippen molar-refractivity contribution in [3.63, 3.8) is 0 Å². The fraction of sp³-hybridized carbons (Fsp3) is 0.538. The summed E-state index contributed by atoms with van der Waals surface area (Å²) in [5.74, 6) is 0.833. The van der Waals surface area contributed by atoms with Crippen LogP contribution in [0.2, 0.25) is 0 Å². The molecule has 0 saturated carbocycles. The Morgan fingerprint density at radius 2 is 2.12 bits per heavy atom. The third kappa shape index (κ3) is 2.34. The third-order valence-electron chi connectivity index (χ3n) is 3.44. The minimum atomic E-state index is 0.584. The molecule has 0 aromatic heterocycles. The second kappa shape index (κ2) is 4.66. The van der Waals surface area contributed by atoms with E-state index in [1.54, 1.807) is 0 Å². The van der Waals surface area contributed by atoms with Crippen molar-refractivity contribution in [2.45, 2.75) is 32.7 Å². The van der Waals surface area contributed by atoms with Gasteiger partial charge in [0.2, 0.25) is 0 Å². The first-order valence-corrected chi connectivity index (χ1v) is 6.69. The van der Waals surface area contributed by atoms with Gasteiger partial charge in [0.25, 0.3) is 0 Å². The van der Waals surface area contributed by atoms with Gasteiger partial charge >= 0.3 is 0 Å². The molecule has 0 amide bonds. The van der Waals surface area contributed by atoms with E-state index in [1.807, 2.05) is 12.1 Å². The Morgan fingerprint density at radius 3 is 2.81 bits per heavy atom. The molecule has 16 heavy (non-hydrogen) atoms. The summed E-state index contributed by atoms with van der Waals surface area (Å²) in [5, 5.41) is 0. The number of nitrogens with zero attached hydrogens (tertiary/aromatic N) is 1. The molecule has 2 atom stereocenters. The van der Waals surface area contributed by atoms with Gasteiger partial charge in [0, 0.05) is 17.1 Å². The van der Waals surface area contributed by atoms with Gasteiger partial charge in [-0.15, -0.1) is 0 Å². The minimum absolute atomic E-state index is 0.584. The number of nitrogen functional groups attached to an aromatic ring is 1. The first-order chi connectivity index (χ1) is 7.58. The fourth-order valence-electron chi connectivity index (χ4n) is 2.53. The molecule has 1 saturated heterocycles. The van der Waals surface area contributed by atoms with E-state index >= 15 is 0 Å². The van der Waals surface area contributed by atoms with Gasteiger partial charge < -0.3 is 10.6 Å². The highest BCUT2D eigenvalue weighted by Gasteiger charge is 2.24. The molecule has 1 heterocycles. The van der Waals surface area contributed by atoms with Crippen molar-refractivity contribution in [3.8, 4) is 0 Å². The smallest absolute Gasteiger partial charge is 0.0613 e. The topological polar surface area (TPSA) is 29.3 Å². The number of piperidine rings is 1. The largest absolute Gasteiger partial charge is 0.397 e. The highest BCUT2D eigenvalue weighted by atomic mass is 79.9. The number of hydrogen-bond acceptors (Lipinski definition) is 2. The molecule has 3 heteroatoms. The standard InChI is InChI=1S/C13H19BrN2/c1-9-5-6-16(10(2)7-9)13-8-11(14)3-4-12(13)15/h3-4,8-10H,5-7,15H2,1-2H3. The summed E-state index contributed by atoms with van der Waals surface area (Å²) in [5.41, 5.74) is 8.11. The summed E-state index contributed by atoms with van der Waals surface area (Å²) >= 11 is 3.51. The van der Waals surface area contributed by atoms with Crippen LogP contribution < -0.4 is 10.6 Å². The van der Waals surface area contributed by atoms with Crippen LogP contribution in [0.25, 0.3) is 0 Å². The summed E-state index contributed by atoms with van der Waals surface area (Å²) < 4.78 is 1.10. The van der Waals surface area contributed by atoms with E-state index in [9.17, 15) is 0 Å². The average molecular weight is 283 g/mol. The van der Waals surface area contributed by atoms with E-state index in [4.69, 9.17) is 5.73 Å². The second-order valence-corrected chi connectivity index (χ2v) is 5.79. The summed E-state index contributed by atoms with van der Waals surface area (Å²) in [4.78, 5) is 2.43. The van der Waals surface area contributed by atoms with Gasteiger partial charge in [-0.2, -0.15) is 0 Å². The van der Waals surface area contributed by atoms with Gasteiger partial charge in [-0.3, -0.25) is 0 Å². The quantitative estimate of drug-likeness (QED) is 0.797. The van der Waals surface area contributed by atoms with Crippen LogP contribution in [0.4, 0.5) is 11.4 Å². The van der Waals surface area contributed by atoms with Gasteiger partial charge in [-0.05, 0) is 43.9 Å². The van der Waals surface area contributed by atoms with E-state index < -0.39 is 0 Å². The number of benzene rings is 1. The number of halogens is 1. The molecule has 1 aromatic carbocycles. The number of hydrogen-bond donors (Lipinski definition) is 1. The zero-order valence-corrected chi connectivity index (χ0v) is 11.5. The lowest BCUT2D eigenvalue weighted by atomic mass is 9.93. The fourth-order valence-corrected chi connectivity index (χ4v) is 2.88. The Kier molecular flexibility index (Phi) is 3.43. The van der Waals surface area contributed by atoms with E-state index in [1.165, 1.54) is 18.5 Å². The zero-order chi connectivity index (χ0) is 11.7. The van der Waals surface area contributed by atoms with Crippen molar-refractivity contribution in [1.29, 1.82) is 0 Å². The van der Waals surface area contributed by atoms with Crippen LogP contribution in [0, 0.1) is 5.92 Å². The normalized spacial score (nSPS) is 25.8. The summed E-state index contributed by atoms with van der Waals surface area (Å²) in [6, 6.07) is 6.68. The molecule has 88 valence electrons. The van der Waals surface area contributed by atoms with Crippen LogP contribution in [0.15, 0.2) is 22.7 Å². The molecular formula is C13H19BrN2. The molecule has 1 fully saturated rings. The number of anilines is 2. The molecular weight excluding hydrogens is 264 g/mol. The Labute approximate surface area is 106 Å². The lowest BCUT2D eigenvalue weighted by Gasteiger charge is -2.39. The van der Waals surface area contributed by atoms with Crippen molar-refractivity contribution >= 4 is 27.3 Å². The van der Waals surface area contributed by atoms with Crippen molar-refractivity contribution in [2.24, 2.45) is 5.92 Å². The summed E-state index contributed by atoms with van der Waals surface area (Å²) in [6.45, 7) is 5.73. The maximum atomic E-state index is 6.05. The van der Waals surface area contributed by atoms with Crippen LogP contribution in [-0.2, 0) is 0 Å². The third-order valence-corrected chi connectivity index (χ3v) is 3.93. The highest BCUT2D eigenvalue weighted by Crippen LogP contribution is 2.33. The Morgan fingerprint density at radius 1 is 1.38 bits per heavy atom. The SMILES string of the molecule is CC1CCN(c2cc(Br)ccc2N)C(C)C1. The van der Waals surface area contributed by atoms with Crippen LogP contribution in [0.3, 0.4) is 0 Å². The van der Waals surface area contributed by atoms with Crippen molar-refractivity contribution < 1.29 is 0 Å². The van der Waals surface area contributed by atoms with Crippen molar-refractivity contribution in [2.75, 3.05) is 17.2 Å². The average Bonchev–Trinajstić information content (AvgIpc) is 2.22. The van der Waals surface area contributed by atoms with Gasteiger partial charge in [0.15, 0.2) is 0 Å². The molecule has 0 radical (unpaired) electrons. The van der Waals surface area contributed by atoms with Gasteiger partial charge in [-0.1, -0.05) is 22.9 Å². The molecule has 1 aromatic rings. The van der Waals surface area contributed by atoms with Crippen LogP contribution >= 0.6 is 15.9 Å². The zero-order valence-electron chi connectivity index (χ0n) is 9.91. The Bertz CT molecular complexity index is 378. The van der Waals surface area contributed by atoms with E-state index in [-0.39, 0.29) is 0 Å². The summed E-state index contributed by atoms with van der Waals surface area (Å²) in [7, 11) is 0. The number of nitrogens with two attached hydrogens (primary N) is 1. The van der Waals surface area contributed by atoms with Gasteiger partial charge in [0.05, 0.1) is 11.4 Å². The predicted molar refractivity (Wildman–Crippen MR) is 73.8 cm³/mol. The molecule has 1 aliphatic heterocycles. The lowest BCUT2D eigenvalue weighted by molar-refractivity contribution is 0.378. The monoisotopic (exact) mass is 282 g/mol. The second-order valence-electron chi connectivity index (χ2n) is 4.88.